The minimum Gasteiger partial charge on any atom is -0.378 e. The molecule has 3 aromatic heterocycles. The Bertz CT molecular complexity index is 1540. The normalized spacial score (nSPS) is 14.5. The quantitative estimate of drug-likeness (QED) is 0.371. The number of ether oxygens (including phenoxy) is 1. The fourth-order valence-electron chi connectivity index (χ4n) is 3.94. The van der Waals surface area contributed by atoms with Crippen LogP contribution in [-0.4, -0.2) is 67.3 Å². The van der Waals surface area contributed by atoms with E-state index in [1.165, 1.54) is 29.6 Å². The molecule has 37 heavy (non-hydrogen) atoms. The number of pyridine rings is 2. The number of anilines is 3. The number of halogens is 2. The van der Waals surface area contributed by atoms with E-state index in [2.05, 4.69) is 20.2 Å². The van der Waals surface area contributed by atoms with Crippen LogP contribution in [0.5, 0.6) is 0 Å². The number of rotatable bonds is 7. The molecule has 0 radical (unpaired) electrons. The van der Waals surface area contributed by atoms with Crippen molar-refractivity contribution >= 4 is 48.9 Å². The molecular formula is C24H24F2N6O3S2. The molecule has 0 unspecified atom stereocenters. The summed E-state index contributed by atoms with van der Waals surface area (Å²) in [6, 6.07) is 9.06. The zero-order chi connectivity index (χ0) is 26.2. The van der Waals surface area contributed by atoms with Crippen LogP contribution in [-0.2, 0) is 21.3 Å². The Morgan fingerprint density at radius 2 is 1.84 bits per heavy atom. The van der Waals surface area contributed by atoms with Gasteiger partial charge in [0.1, 0.15) is 28.3 Å². The van der Waals surface area contributed by atoms with Gasteiger partial charge in [-0.1, -0.05) is 6.07 Å². The summed E-state index contributed by atoms with van der Waals surface area (Å²) in [6.45, 7) is 2.61. The molecule has 1 N–H and O–H groups in total. The first-order chi connectivity index (χ1) is 17.7. The second-order valence-corrected chi connectivity index (χ2v) is 11.7. The second kappa shape index (κ2) is 10.2. The summed E-state index contributed by atoms with van der Waals surface area (Å²) in [6.07, 6.45) is 2.73. The van der Waals surface area contributed by atoms with Crippen molar-refractivity contribution in [3.05, 3.63) is 59.9 Å². The van der Waals surface area contributed by atoms with Crippen LogP contribution in [0.4, 0.5) is 26.1 Å². The van der Waals surface area contributed by atoms with E-state index < -0.39 is 21.7 Å². The predicted octanol–water partition coefficient (Wildman–Crippen LogP) is 4.00. The van der Waals surface area contributed by atoms with Gasteiger partial charge in [0.05, 0.1) is 53.2 Å². The summed E-state index contributed by atoms with van der Waals surface area (Å²) in [4.78, 5) is 15.6. The molecular weight excluding hydrogens is 522 g/mol. The molecule has 13 heteroatoms. The maximum Gasteiger partial charge on any atom is 0.211 e. The van der Waals surface area contributed by atoms with Gasteiger partial charge in [-0.15, -0.1) is 11.3 Å². The van der Waals surface area contributed by atoms with Gasteiger partial charge >= 0.3 is 0 Å². The summed E-state index contributed by atoms with van der Waals surface area (Å²) in [5, 5.41) is 3.36. The number of thiazole rings is 1. The SMILES string of the molecule is CN(Cc1nc(Nc2cc3nc(-c4c(F)cccc4F)sc3cn2)ccc1N1CCOCC1)S(C)(=O)=O. The standard InChI is InChI=1S/C24H24F2N6O3S2/c1-31(37(2,33)34)14-18-19(32-8-10-35-11-9-32)6-7-21(28-18)30-22-12-17-20(13-27-22)36-24(29-17)23-15(25)4-3-5-16(23)26/h3-7,12-13H,8-11,14H2,1-2H3,(H,27,28,30). The van der Waals surface area contributed by atoms with E-state index in [0.29, 0.717) is 53.8 Å². The van der Waals surface area contributed by atoms with Crippen molar-refractivity contribution in [2.24, 2.45) is 0 Å². The molecule has 9 nitrogen and oxygen atoms in total. The lowest BCUT2D eigenvalue weighted by Gasteiger charge is -2.31. The Morgan fingerprint density at radius 3 is 2.54 bits per heavy atom. The number of nitrogens with one attached hydrogen (secondary N) is 1. The third kappa shape index (κ3) is 5.54. The molecule has 4 heterocycles. The van der Waals surface area contributed by atoms with Gasteiger partial charge < -0.3 is 15.0 Å². The third-order valence-electron chi connectivity index (χ3n) is 5.95. The molecule has 0 spiro atoms. The molecule has 1 aromatic carbocycles. The maximum atomic E-state index is 14.2. The fraction of sp³-hybridized carbons (Fsp3) is 0.292. The van der Waals surface area contributed by atoms with Gasteiger partial charge in [-0.3, -0.25) is 0 Å². The topological polar surface area (TPSA) is 101 Å². The summed E-state index contributed by atoms with van der Waals surface area (Å²) in [5.74, 6) is -0.452. The number of nitrogens with zero attached hydrogens (tertiary/aromatic N) is 5. The maximum absolute atomic E-state index is 14.2. The molecule has 1 saturated heterocycles. The fourth-order valence-corrected chi connectivity index (χ4v) is 5.26. The van der Waals surface area contributed by atoms with E-state index in [-0.39, 0.29) is 17.1 Å². The molecule has 1 aliphatic rings. The minimum atomic E-state index is -3.41. The van der Waals surface area contributed by atoms with Crippen LogP contribution < -0.4 is 10.2 Å². The van der Waals surface area contributed by atoms with Crippen LogP contribution in [0.3, 0.4) is 0 Å². The third-order valence-corrected chi connectivity index (χ3v) is 8.23. The van der Waals surface area contributed by atoms with Crippen LogP contribution in [0.25, 0.3) is 20.8 Å². The highest BCUT2D eigenvalue weighted by atomic mass is 32.2. The van der Waals surface area contributed by atoms with Crippen molar-refractivity contribution in [1.82, 2.24) is 19.3 Å². The largest absolute Gasteiger partial charge is 0.378 e. The molecule has 0 saturated carbocycles. The number of morpholine rings is 1. The first-order valence-corrected chi connectivity index (χ1v) is 14.1. The van der Waals surface area contributed by atoms with Gasteiger partial charge in [0, 0.05) is 32.4 Å². The first kappa shape index (κ1) is 25.4. The lowest BCUT2D eigenvalue weighted by molar-refractivity contribution is 0.122. The summed E-state index contributed by atoms with van der Waals surface area (Å²) >= 11 is 1.15. The zero-order valence-electron chi connectivity index (χ0n) is 20.1. The number of hydrogen-bond donors (Lipinski definition) is 1. The highest BCUT2D eigenvalue weighted by molar-refractivity contribution is 7.88. The van der Waals surface area contributed by atoms with Gasteiger partial charge in [-0.25, -0.2) is 32.2 Å². The second-order valence-electron chi connectivity index (χ2n) is 8.56. The molecule has 0 bridgehead atoms. The number of aromatic nitrogens is 3. The van der Waals surface area contributed by atoms with Gasteiger partial charge in [-0.2, -0.15) is 4.31 Å². The molecule has 0 aliphatic carbocycles. The van der Waals surface area contributed by atoms with Crippen LogP contribution in [0.2, 0.25) is 0 Å². The van der Waals surface area contributed by atoms with E-state index in [1.54, 1.807) is 18.3 Å². The molecule has 0 amide bonds. The minimum absolute atomic E-state index is 0.0944. The molecule has 0 atom stereocenters. The van der Waals surface area contributed by atoms with E-state index >= 15 is 0 Å². The smallest absolute Gasteiger partial charge is 0.211 e. The Hall–Kier alpha value is -3.26. The van der Waals surface area contributed by atoms with Gasteiger partial charge in [0.15, 0.2) is 0 Å². The van der Waals surface area contributed by atoms with Gasteiger partial charge in [0.2, 0.25) is 10.0 Å². The Kier molecular flexibility index (Phi) is 7.03. The zero-order valence-corrected chi connectivity index (χ0v) is 21.7. The average Bonchev–Trinajstić information content (AvgIpc) is 3.27. The van der Waals surface area contributed by atoms with Crippen molar-refractivity contribution in [2.75, 3.05) is 49.8 Å². The van der Waals surface area contributed by atoms with Gasteiger partial charge in [0.25, 0.3) is 0 Å². The Balaban J connectivity index is 1.45. The number of benzene rings is 1. The van der Waals surface area contributed by atoms with Crippen molar-refractivity contribution in [3.8, 4) is 10.6 Å². The van der Waals surface area contributed by atoms with E-state index in [9.17, 15) is 17.2 Å². The number of sulfonamides is 1. The van der Waals surface area contributed by atoms with Crippen molar-refractivity contribution in [2.45, 2.75) is 6.54 Å². The highest BCUT2D eigenvalue weighted by Crippen LogP contribution is 2.34. The van der Waals surface area contributed by atoms with E-state index in [4.69, 9.17) is 9.72 Å². The first-order valence-electron chi connectivity index (χ1n) is 11.4. The summed E-state index contributed by atoms with van der Waals surface area (Å²) in [7, 11) is -1.91. The summed E-state index contributed by atoms with van der Waals surface area (Å²) < 4.78 is 60.0. The molecule has 5 rings (SSSR count). The van der Waals surface area contributed by atoms with Gasteiger partial charge in [-0.05, 0) is 24.3 Å². The number of fused-ring (bicyclic) bond motifs is 1. The van der Waals surface area contributed by atoms with Crippen LogP contribution in [0, 0.1) is 11.6 Å². The molecule has 1 fully saturated rings. The van der Waals surface area contributed by atoms with Crippen LogP contribution >= 0.6 is 11.3 Å². The lowest BCUT2D eigenvalue weighted by atomic mass is 10.2. The van der Waals surface area contributed by atoms with E-state index in [1.807, 2.05) is 6.07 Å². The Morgan fingerprint density at radius 1 is 1.11 bits per heavy atom. The molecule has 4 aromatic rings. The molecule has 1 aliphatic heterocycles. The Labute approximate surface area is 216 Å². The van der Waals surface area contributed by atoms with E-state index in [0.717, 1.165) is 23.3 Å². The number of hydrogen-bond acceptors (Lipinski definition) is 9. The molecule has 194 valence electrons. The van der Waals surface area contributed by atoms with Crippen molar-refractivity contribution < 1.29 is 21.9 Å². The lowest BCUT2D eigenvalue weighted by Crippen LogP contribution is -2.37. The van der Waals surface area contributed by atoms with Crippen LogP contribution in [0.15, 0.2) is 42.6 Å². The predicted molar refractivity (Wildman–Crippen MR) is 140 cm³/mol. The monoisotopic (exact) mass is 546 g/mol. The average molecular weight is 547 g/mol. The summed E-state index contributed by atoms with van der Waals surface area (Å²) in [5.41, 5.74) is 1.79. The highest BCUT2D eigenvalue weighted by Gasteiger charge is 2.21. The van der Waals surface area contributed by atoms with Crippen LogP contribution in [0.1, 0.15) is 5.69 Å². The van der Waals surface area contributed by atoms with Crippen molar-refractivity contribution in [1.29, 1.82) is 0 Å². The van der Waals surface area contributed by atoms with Crippen molar-refractivity contribution in [3.63, 3.8) is 0 Å².